The molecule has 2 nitrogen and oxygen atoms in total. The van der Waals surface area contributed by atoms with Gasteiger partial charge >= 0.3 is 0 Å². The van der Waals surface area contributed by atoms with E-state index in [0.29, 0.717) is 6.54 Å². The summed E-state index contributed by atoms with van der Waals surface area (Å²) in [6.45, 7) is 6.98. The molecule has 0 saturated carbocycles. The van der Waals surface area contributed by atoms with E-state index in [9.17, 15) is 0 Å². The van der Waals surface area contributed by atoms with E-state index in [4.69, 9.17) is 17.3 Å². The average Bonchev–Trinajstić information content (AvgIpc) is 2.55. The van der Waals surface area contributed by atoms with E-state index in [1.807, 2.05) is 12.1 Å². The normalized spacial score (nSPS) is 12.3. The van der Waals surface area contributed by atoms with Crippen molar-refractivity contribution in [1.29, 1.82) is 0 Å². The zero-order valence-electron chi connectivity index (χ0n) is 9.89. The van der Waals surface area contributed by atoms with Crippen molar-refractivity contribution in [3.63, 3.8) is 0 Å². The van der Waals surface area contributed by atoms with Crippen LogP contribution in [0.1, 0.15) is 32.0 Å². The lowest BCUT2D eigenvalue weighted by Crippen LogP contribution is -2.11. The second kappa shape index (κ2) is 3.79. The molecule has 0 aliphatic heterocycles. The predicted octanol–water partition coefficient (Wildman–Crippen LogP) is 3.58. The highest BCUT2D eigenvalue weighted by molar-refractivity contribution is 6.36. The van der Waals surface area contributed by atoms with Crippen LogP contribution in [0.3, 0.4) is 0 Å². The van der Waals surface area contributed by atoms with Crippen molar-refractivity contribution in [3.8, 4) is 0 Å². The van der Waals surface area contributed by atoms with Gasteiger partial charge in [-0.25, -0.2) is 0 Å². The van der Waals surface area contributed by atoms with Crippen LogP contribution in [0.4, 0.5) is 0 Å². The molecule has 0 spiro atoms. The highest BCUT2D eigenvalue weighted by Gasteiger charge is 2.21. The molecule has 0 unspecified atom stereocenters. The summed E-state index contributed by atoms with van der Waals surface area (Å²) >= 11 is 6.40. The standard InChI is InChI=1S/C13H17ClN2/c1-13(2,3)12-11(14)9-6-8(7-15)4-5-10(9)16-12/h4-6,16H,7,15H2,1-3H3. The molecule has 3 N–H and O–H groups in total. The van der Waals surface area contributed by atoms with Gasteiger partial charge in [0.1, 0.15) is 0 Å². The molecule has 0 saturated heterocycles. The Bertz CT molecular complexity index is 520. The van der Waals surface area contributed by atoms with Gasteiger partial charge in [-0.1, -0.05) is 38.4 Å². The molecule has 16 heavy (non-hydrogen) atoms. The van der Waals surface area contributed by atoms with Gasteiger partial charge in [-0.05, 0) is 17.7 Å². The second-order valence-electron chi connectivity index (χ2n) is 5.15. The van der Waals surface area contributed by atoms with Crippen LogP contribution in [0, 0.1) is 0 Å². The number of H-pyrrole nitrogens is 1. The molecule has 1 aromatic carbocycles. The van der Waals surface area contributed by atoms with Gasteiger partial charge in [0.2, 0.25) is 0 Å². The van der Waals surface area contributed by atoms with Gasteiger partial charge in [-0.15, -0.1) is 0 Å². The van der Waals surface area contributed by atoms with Crippen molar-refractivity contribution in [3.05, 3.63) is 34.5 Å². The van der Waals surface area contributed by atoms with Crippen molar-refractivity contribution in [2.45, 2.75) is 32.7 Å². The molecule has 1 aromatic heterocycles. The largest absolute Gasteiger partial charge is 0.357 e. The summed E-state index contributed by atoms with van der Waals surface area (Å²) in [5.41, 5.74) is 8.92. The fraction of sp³-hybridized carbons (Fsp3) is 0.385. The third-order valence-corrected chi connectivity index (χ3v) is 3.18. The van der Waals surface area contributed by atoms with Crippen LogP contribution in [0.5, 0.6) is 0 Å². The molecule has 0 radical (unpaired) electrons. The second-order valence-corrected chi connectivity index (χ2v) is 5.53. The molecule has 0 fully saturated rings. The number of benzene rings is 1. The van der Waals surface area contributed by atoms with E-state index in [0.717, 1.165) is 27.2 Å². The van der Waals surface area contributed by atoms with Gasteiger partial charge in [0.25, 0.3) is 0 Å². The van der Waals surface area contributed by atoms with Crippen LogP contribution >= 0.6 is 11.6 Å². The van der Waals surface area contributed by atoms with Crippen molar-refractivity contribution < 1.29 is 0 Å². The molecule has 0 bridgehead atoms. The monoisotopic (exact) mass is 236 g/mol. The first-order valence-corrected chi connectivity index (χ1v) is 5.82. The van der Waals surface area contributed by atoms with Gasteiger partial charge in [0, 0.05) is 28.6 Å². The molecule has 0 amide bonds. The van der Waals surface area contributed by atoms with E-state index in [-0.39, 0.29) is 5.41 Å². The molecule has 1 heterocycles. The summed E-state index contributed by atoms with van der Waals surface area (Å²) in [5.74, 6) is 0. The van der Waals surface area contributed by atoms with E-state index in [2.05, 4.69) is 31.8 Å². The van der Waals surface area contributed by atoms with Crippen LogP contribution in [0.15, 0.2) is 18.2 Å². The number of nitrogens with two attached hydrogens (primary N) is 1. The maximum atomic E-state index is 6.40. The molecule has 3 heteroatoms. The van der Waals surface area contributed by atoms with Crippen LogP contribution in [0.2, 0.25) is 5.02 Å². The molecule has 0 aliphatic carbocycles. The van der Waals surface area contributed by atoms with Crippen LogP contribution in [-0.2, 0) is 12.0 Å². The summed E-state index contributed by atoms with van der Waals surface area (Å²) in [5, 5.41) is 1.88. The van der Waals surface area contributed by atoms with E-state index < -0.39 is 0 Å². The van der Waals surface area contributed by atoms with Crippen LogP contribution in [-0.4, -0.2) is 4.98 Å². The number of halogens is 1. The highest BCUT2D eigenvalue weighted by Crippen LogP contribution is 2.35. The third-order valence-electron chi connectivity index (χ3n) is 2.79. The Balaban J connectivity index is 2.69. The Morgan fingerprint density at radius 1 is 1.31 bits per heavy atom. The number of hydrogen-bond acceptors (Lipinski definition) is 1. The maximum absolute atomic E-state index is 6.40. The van der Waals surface area contributed by atoms with Crippen molar-refractivity contribution in [2.24, 2.45) is 5.73 Å². The molecule has 0 aliphatic rings. The van der Waals surface area contributed by atoms with Crippen LogP contribution in [0.25, 0.3) is 10.9 Å². The lowest BCUT2D eigenvalue weighted by atomic mass is 9.92. The zero-order valence-corrected chi connectivity index (χ0v) is 10.7. The highest BCUT2D eigenvalue weighted by atomic mass is 35.5. The first-order valence-electron chi connectivity index (χ1n) is 5.44. The van der Waals surface area contributed by atoms with E-state index in [1.165, 1.54) is 0 Å². The fourth-order valence-electron chi connectivity index (χ4n) is 1.85. The number of aromatic amines is 1. The Hall–Kier alpha value is -0.990. The number of hydrogen-bond donors (Lipinski definition) is 2. The summed E-state index contributed by atoms with van der Waals surface area (Å²) in [4.78, 5) is 3.38. The lowest BCUT2D eigenvalue weighted by molar-refractivity contribution is 0.574. The Morgan fingerprint density at radius 3 is 2.56 bits per heavy atom. The maximum Gasteiger partial charge on any atom is 0.0697 e. The number of rotatable bonds is 1. The van der Waals surface area contributed by atoms with Crippen molar-refractivity contribution in [1.82, 2.24) is 4.98 Å². The van der Waals surface area contributed by atoms with Gasteiger partial charge in [-0.3, -0.25) is 0 Å². The Labute approximate surface area is 101 Å². The summed E-state index contributed by atoms with van der Waals surface area (Å²) in [6, 6.07) is 6.13. The Morgan fingerprint density at radius 2 is 2.00 bits per heavy atom. The minimum atomic E-state index is 0.0268. The minimum Gasteiger partial charge on any atom is -0.357 e. The van der Waals surface area contributed by atoms with Gasteiger partial charge in [0.05, 0.1) is 5.02 Å². The minimum absolute atomic E-state index is 0.0268. The summed E-state index contributed by atoms with van der Waals surface area (Å²) < 4.78 is 0. The smallest absolute Gasteiger partial charge is 0.0697 e. The van der Waals surface area contributed by atoms with Gasteiger partial charge < -0.3 is 10.7 Å². The zero-order chi connectivity index (χ0) is 11.9. The first kappa shape index (κ1) is 11.5. The van der Waals surface area contributed by atoms with Crippen molar-refractivity contribution >= 4 is 22.5 Å². The molecule has 0 atom stereocenters. The number of aromatic nitrogens is 1. The van der Waals surface area contributed by atoms with E-state index >= 15 is 0 Å². The summed E-state index contributed by atoms with van der Waals surface area (Å²) in [7, 11) is 0. The Kier molecular flexibility index (Phi) is 2.72. The molecular formula is C13H17ClN2. The van der Waals surface area contributed by atoms with Crippen molar-refractivity contribution in [2.75, 3.05) is 0 Å². The average molecular weight is 237 g/mol. The van der Waals surface area contributed by atoms with E-state index in [1.54, 1.807) is 0 Å². The van der Waals surface area contributed by atoms with Crippen LogP contribution < -0.4 is 5.73 Å². The molecular weight excluding hydrogens is 220 g/mol. The number of nitrogens with one attached hydrogen (secondary N) is 1. The molecule has 2 aromatic rings. The predicted molar refractivity (Wildman–Crippen MR) is 69.9 cm³/mol. The van der Waals surface area contributed by atoms with Gasteiger partial charge in [-0.2, -0.15) is 0 Å². The molecule has 2 rings (SSSR count). The fourth-order valence-corrected chi connectivity index (χ4v) is 2.34. The molecule has 86 valence electrons. The topological polar surface area (TPSA) is 41.8 Å². The number of fused-ring (bicyclic) bond motifs is 1. The lowest BCUT2D eigenvalue weighted by Gasteiger charge is -2.16. The third kappa shape index (κ3) is 1.83. The summed E-state index contributed by atoms with van der Waals surface area (Å²) in [6.07, 6.45) is 0. The SMILES string of the molecule is CC(C)(C)c1[nH]c2ccc(CN)cc2c1Cl. The quantitative estimate of drug-likeness (QED) is 0.781. The first-order chi connectivity index (χ1) is 7.43. The van der Waals surface area contributed by atoms with Gasteiger partial charge in [0.15, 0.2) is 0 Å².